The fourth-order valence-electron chi connectivity index (χ4n) is 2.97. The lowest BCUT2D eigenvalue weighted by molar-refractivity contribution is 0.0474. The molecule has 0 spiro atoms. The predicted octanol–water partition coefficient (Wildman–Crippen LogP) is 1.79. The van der Waals surface area contributed by atoms with Gasteiger partial charge in [0.2, 0.25) is 0 Å². The molecule has 2 bridgehead atoms. The second kappa shape index (κ2) is 6.31. The fraction of sp³-hybridized carbons (Fsp3) is 0.933. The summed E-state index contributed by atoms with van der Waals surface area (Å²) >= 11 is 0. The molecule has 0 aromatic heterocycles. The van der Waals surface area contributed by atoms with Crippen molar-refractivity contribution in [1.82, 2.24) is 10.6 Å². The van der Waals surface area contributed by atoms with Crippen LogP contribution >= 0.6 is 0 Å². The Balaban J connectivity index is 1.67. The van der Waals surface area contributed by atoms with E-state index in [2.05, 4.69) is 24.5 Å². The van der Waals surface area contributed by atoms with Crippen molar-refractivity contribution in [3.8, 4) is 0 Å². The fourth-order valence-corrected chi connectivity index (χ4v) is 2.97. The summed E-state index contributed by atoms with van der Waals surface area (Å²) in [5.74, 6) is 0.557. The summed E-state index contributed by atoms with van der Waals surface area (Å²) < 4.78 is 5.70. The van der Waals surface area contributed by atoms with E-state index in [4.69, 9.17) is 4.74 Å². The largest absolute Gasteiger partial charge is 0.388 e. The number of fused-ring (bicyclic) bond motifs is 2. The molecule has 5 nitrogen and oxygen atoms in total. The first-order valence-electron chi connectivity index (χ1n) is 7.78. The van der Waals surface area contributed by atoms with Crippen molar-refractivity contribution in [3.05, 3.63) is 0 Å². The maximum absolute atomic E-state index is 11.9. The van der Waals surface area contributed by atoms with Gasteiger partial charge in [-0.25, -0.2) is 4.79 Å². The van der Waals surface area contributed by atoms with Crippen LogP contribution in [-0.2, 0) is 4.74 Å². The van der Waals surface area contributed by atoms with Crippen molar-refractivity contribution in [2.45, 2.75) is 76.7 Å². The van der Waals surface area contributed by atoms with Crippen LogP contribution in [0, 0.1) is 5.92 Å². The van der Waals surface area contributed by atoms with Crippen LogP contribution in [0.3, 0.4) is 0 Å². The van der Waals surface area contributed by atoms with Crippen molar-refractivity contribution < 1.29 is 14.6 Å². The summed E-state index contributed by atoms with van der Waals surface area (Å²) in [4.78, 5) is 11.9. The lowest BCUT2D eigenvalue weighted by atomic mass is 9.95. The minimum atomic E-state index is -0.840. The van der Waals surface area contributed by atoms with Gasteiger partial charge in [0.1, 0.15) is 0 Å². The molecule has 0 aromatic rings. The lowest BCUT2D eigenvalue weighted by Crippen LogP contribution is -2.50. The van der Waals surface area contributed by atoms with E-state index >= 15 is 0 Å². The zero-order chi connectivity index (χ0) is 14.8. The van der Waals surface area contributed by atoms with E-state index in [0.29, 0.717) is 18.4 Å². The van der Waals surface area contributed by atoms with Gasteiger partial charge in [-0.05, 0) is 44.9 Å². The van der Waals surface area contributed by atoms with Crippen molar-refractivity contribution in [3.63, 3.8) is 0 Å². The van der Waals surface area contributed by atoms with E-state index in [1.165, 1.54) is 0 Å². The van der Waals surface area contributed by atoms with Crippen LogP contribution in [0.15, 0.2) is 0 Å². The van der Waals surface area contributed by atoms with Gasteiger partial charge >= 0.3 is 6.03 Å². The number of hydrogen-bond acceptors (Lipinski definition) is 3. The first-order chi connectivity index (χ1) is 9.35. The van der Waals surface area contributed by atoms with Crippen LogP contribution in [-0.4, -0.2) is 41.5 Å². The van der Waals surface area contributed by atoms with Gasteiger partial charge in [-0.1, -0.05) is 13.8 Å². The van der Waals surface area contributed by atoms with Gasteiger partial charge in [0.25, 0.3) is 0 Å². The number of aliphatic hydroxyl groups is 1. The molecule has 2 heterocycles. The normalized spacial score (nSPS) is 31.4. The van der Waals surface area contributed by atoms with Crippen molar-refractivity contribution in [1.29, 1.82) is 0 Å². The van der Waals surface area contributed by atoms with E-state index in [1.807, 2.05) is 0 Å². The molecular formula is C15H28N2O3. The molecule has 5 heteroatoms. The molecule has 0 aliphatic carbocycles. The molecule has 4 unspecified atom stereocenters. The molecule has 3 N–H and O–H groups in total. The summed E-state index contributed by atoms with van der Waals surface area (Å²) in [6, 6.07) is -0.0645. The average Bonchev–Trinajstić information content (AvgIpc) is 2.96. The molecule has 116 valence electrons. The molecule has 2 fully saturated rings. The Kier molecular flexibility index (Phi) is 4.91. The van der Waals surface area contributed by atoms with E-state index in [9.17, 15) is 9.90 Å². The van der Waals surface area contributed by atoms with Crippen molar-refractivity contribution >= 4 is 6.03 Å². The first kappa shape index (κ1) is 15.6. The molecule has 0 radical (unpaired) electrons. The predicted molar refractivity (Wildman–Crippen MR) is 77.5 cm³/mol. The highest BCUT2D eigenvalue weighted by Crippen LogP contribution is 2.34. The van der Waals surface area contributed by atoms with Crippen LogP contribution in [0.2, 0.25) is 0 Å². The van der Waals surface area contributed by atoms with Crippen molar-refractivity contribution in [2.24, 2.45) is 5.92 Å². The monoisotopic (exact) mass is 284 g/mol. The second-order valence-electron chi connectivity index (χ2n) is 6.97. The highest BCUT2D eigenvalue weighted by atomic mass is 16.5. The van der Waals surface area contributed by atoms with Crippen molar-refractivity contribution in [2.75, 3.05) is 6.54 Å². The number of hydrogen-bond donors (Lipinski definition) is 3. The molecule has 20 heavy (non-hydrogen) atoms. The summed E-state index contributed by atoms with van der Waals surface area (Å²) in [7, 11) is 0. The highest BCUT2D eigenvalue weighted by molar-refractivity contribution is 5.74. The van der Waals surface area contributed by atoms with E-state index < -0.39 is 5.60 Å². The number of rotatable bonds is 6. The van der Waals surface area contributed by atoms with Gasteiger partial charge in [0.15, 0.2) is 0 Å². The summed E-state index contributed by atoms with van der Waals surface area (Å²) in [5, 5.41) is 16.0. The second-order valence-corrected chi connectivity index (χ2v) is 6.97. The maximum atomic E-state index is 11.9. The minimum Gasteiger partial charge on any atom is -0.388 e. The minimum absolute atomic E-state index is 0.134. The van der Waals surface area contributed by atoms with E-state index in [-0.39, 0.29) is 24.7 Å². The van der Waals surface area contributed by atoms with Gasteiger partial charge < -0.3 is 20.5 Å². The third kappa shape index (κ3) is 4.35. The SMILES string of the molecule is CC(C)CCC(C)(O)CNC(=O)NC1CC2CCC1O2. The topological polar surface area (TPSA) is 70.6 Å². The zero-order valence-corrected chi connectivity index (χ0v) is 12.8. The van der Waals surface area contributed by atoms with Crippen LogP contribution < -0.4 is 10.6 Å². The third-order valence-corrected chi connectivity index (χ3v) is 4.31. The molecule has 4 atom stereocenters. The van der Waals surface area contributed by atoms with Crippen LogP contribution in [0.4, 0.5) is 4.79 Å². The average molecular weight is 284 g/mol. The molecule has 2 aliphatic rings. The highest BCUT2D eigenvalue weighted by Gasteiger charge is 2.41. The Morgan fingerprint density at radius 1 is 1.45 bits per heavy atom. The summed E-state index contributed by atoms with van der Waals surface area (Å²) in [6.07, 6.45) is 5.25. The molecular weight excluding hydrogens is 256 g/mol. The number of carbonyl (C=O) groups excluding carboxylic acids is 1. The van der Waals surface area contributed by atoms with E-state index in [1.54, 1.807) is 6.92 Å². The van der Waals surface area contributed by atoms with Crippen LogP contribution in [0.25, 0.3) is 0 Å². The summed E-state index contributed by atoms with van der Waals surface area (Å²) in [6.45, 7) is 6.32. The molecule has 0 saturated carbocycles. The van der Waals surface area contributed by atoms with Gasteiger partial charge in [-0.15, -0.1) is 0 Å². The molecule has 0 aromatic carbocycles. The first-order valence-corrected chi connectivity index (χ1v) is 7.78. The number of nitrogens with one attached hydrogen (secondary N) is 2. The number of urea groups is 1. The van der Waals surface area contributed by atoms with Crippen LogP contribution in [0.5, 0.6) is 0 Å². The Bertz CT molecular complexity index is 344. The maximum Gasteiger partial charge on any atom is 0.315 e. The van der Waals surface area contributed by atoms with Crippen LogP contribution in [0.1, 0.15) is 52.9 Å². The summed E-state index contributed by atoms with van der Waals surface area (Å²) in [5.41, 5.74) is -0.840. The Morgan fingerprint density at radius 3 is 2.75 bits per heavy atom. The van der Waals surface area contributed by atoms with Gasteiger partial charge in [0.05, 0.1) is 23.9 Å². The standard InChI is InChI=1S/C15H28N2O3/c1-10(2)6-7-15(3,19)9-16-14(18)17-12-8-11-4-5-13(12)20-11/h10-13,19H,4-9H2,1-3H3,(H2,16,17,18). The number of carbonyl (C=O) groups is 1. The Morgan fingerprint density at radius 2 is 2.20 bits per heavy atom. The molecule has 2 saturated heterocycles. The molecule has 2 aliphatic heterocycles. The lowest BCUT2D eigenvalue weighted by Gasteiger charge is -2.26. The van der Waals surface area contributed by atoms with Gasteiger partial charge in [0, 0.05) is 6.54 Å². The van der Waals surface area contributed by atoms with E-state index in [0.717, 1.165) is 25.7 Å². The third-order valence-electron chi connectivity index (χ3n) is 4.31. The van der Waals surface area contributed by atoms with Gasteiger partial charge in [-0.2, -0.15) is 0 Å². The van der Waals surface area contributed by atoms with Gasteiger partial charge in [-0.3, -0.25) is 0 Å². The number of amides is 2. The Labute approximate surface area is 121 Å². The Hall–Kier alpha value is -0.810. The quantitative estimate of drug-likeness (QED) is 0.696. The molecule has 2 rings (SSSR count). The zero-order valence-electron chi connectivity index (χ0n) is 12.8. The number of ether oxygens (including phenoxy) is 1. The smallest absolute Gasteiger partial charge is 0.315 e. The molecule has 2 amide bonds.